The number of hydrogen-bond donors (Lipinski definition) is 0. The summed E-state index contributed by atoms with van der Waals surface area (Å²) >= 11 is 0. The number of amides is 1. The lowest BCUT2D eigenvalue weighted by Crippen LogP contribution is -2.53. The maximum absolute atomic E-state index is 12.3. The summed E-state index contributed by atoms with van der Waals surface area (Å²) in [5, 5.41) is 0. The Bertz CT molecular complexity index is 675. The van der Waals surface area contributed by atoms with Crippen molar-refractivity contribution < 1.29 is 17.9 Å². The summed E-state index contributed by atoms with van der Waals surface area (Å²) in [4.78, 5) is 13.9. The first-order valence-corrected chi connectivity index (χ1v) is 9.26. The number of carbonyl (C=O) groups excluding carboxylic acids is 1. The van der Waals surface area contributed by atoms with Gasteiger partial charge in [0, 0.05) is 40.3 Å². The van der Waals surface area contributed by atoms with Crippen LogP contribution in [-0.4, -0.2) is 74.7 Å². The minimum atomic E-state index is -3.42. The van der Waals surface area contributed by atoms with Gasteiger partial charge in [0.05, 0.1) is 0 Å². The normalized spacial score (nSPS) is 16.5. The van der Waals surface area contributed by atoms with Crippen LogP contribution in [0.3, 0.4) is 0 Å². The van der Waals surface area contributed by atoms with E-state index in [-0.39, 0.29) is 12.5 Å². The predicted molar refractivity (Wildman–Crippen MR) is 92.2 cm³/mol. The van der Waals surface area contributed by atoms with Gasteiger partial charge >= 0.3 is 0 Å². The van der Waals surface area contributed by atoms with Crippen molar-refractivity contribution in [2.24, 2.45) is 0 Å². The molecule has 1 aromatic carbocycles. The molecule has 0 bridgehead atoms. The second-order valence-electron chi connectivity index (χ2n) is 6.18. The van der Waals surface area contributed by atoms with E-state index in [4.69, 9.17) is 4.74 Å². The molecule has 0 unspecified atom stereocenters. The zero-order valence-electron chi connectivity index (χ0n) is 14.7. The molecule has 24 heavy (non-hydrogen) atoms. The Morgan fingerprint density at radius 1 is 1.08 bits per heavy atom. The maximum atomic E-state index is 12.3. The van der Waals surface area contributed by atoms with Crippen molar-refractivity contribution in [2.75, 3.05) is 46.9 Å². The van der Waals surface area contributed by atoms with Crippen LogP contribution in [0.1, 0.15) is 11.1 Å². The Morgan fingerprint density at radius 3 is 2.12 bits per heavy atom. The van der Waals surface area contributed by atoms with Crippen LogP contribution < -0.4 is 4.74 Å². The minimum absolute atomic E-state index is 0.0384. The first kappa shape index (κ1) is 18.7. The fraction of sp³-hybridized carbons (Fsp3) is 0.562. The molecule has 1 heterocycles. The highest BCUT2D eigenvalue weighted by atomic mass is 32.2. The van der Waals surface area contributed by atoms with Gasteiger partial charge in [-0.05, 0) is 37.1 Å². The van der Waals surface area contributed by atoms with Crippen LogP contribution in [0.4, 0.5) is 0 Å². The molecule has 0 radical (unpaired) electrons. The molecule has 7 nitrogen and oxygen atoms in total. The lowest BCUT2D eigenvalue weighted by atomic mass is 10.1. The van der Waals surface area contributed by atoms with E-state index in [0.717, 1.165) is 11.1 Å². The number of aryl methyl sites for hydroxylation is 2. The van der Waals surface area contributed by atoms with E-state index in [1.165, 1.54) is 22.7 Å². The van der Waals surface area contributed by atoms with E-state index >= 15 is 0 Å². The second-order valence-corrected chi connectivity index (χ2v) is 8.32. The summed E-state index contributed by atoms with van der Waals surface area (Å²) in [5.41, 5.74) is 2.17. The molecule has 1 fully saturated rings. The predicted octanol–water partition coefficient (Wildman–Crippen LogP) is 0.633. The third-order valence-electron chi connectivity index (χ3n) is 3.94. The summed E-state index contributed by atoms with van der Waals surface area (Å²) < 4.78 is 32.3. The number of hydrogen-bond acceptors (Lipinski definition) is 4. The van der Waals surface area contributed by atoms with Crippen LogP contribution in [0.5, 0.6) is 5.75 Å². The zero-order chi connectivity index (χ0) is 17.9. The van der Waals surface area contributed by atoms with Gasteiger partial charge in [-0.15, -0.1) is 0 Å². The molecule has 134 valence electrons. The van der Waals surface area contributed by atoms with Crippen molar-refractivity contribution >= 4 is 16.1 Å². The van der Waals surface area contributed by atoms with Crippen molar-refractivity contribution in [3.8, 4) is 5.75 Å². The average molecular weight is 355 g/mol. The topological polar surface area (TPSA) is 70.2 Å². The Labute approximate surface area is 144 Å². The molecule has 0 spiro atoms. The first-order chi connectivity index (χ1) is 11.2. The molecule has 0 atom stereocenters. The lowest BCUT2D eigenvalue weighted by Gasteiger charge is -2.35. The Morgan fingerprint density at radius 2 is 1.62 bits per heavy atom. The average Bonchev–Trinajstić information content (AvgIpc) is 2.51. The van der Waals surface area contributed by atoms with Crippen LogP contribution >= 0.6 is 0 Å². The number of ether oxygens (including phenoxy) is 1. The summed E-state index contributed by atoms with van der Waals surface area (Å²) in [6.45, 7) is 5.28. The fourth-order valence-electron chi connectivity index (χ4n) is 2.65. The van der Waals surface area contributed by atoms with Gasteiger partial charge in [0.15, 0.2) is 6.61 Å². The molecule has 1 aliphatic rings. The number of piperazine rings is 1. The van der Waals surface area contributed by atoms with Gasteiger partial charge in [-0.3, -0.25) is 4.79 Å². The van der Waals surface area contributed by atoms with Gasteiger partial charge in [0.25, 0.3) is 16.1 Å². The van der Waals surface area contributed by atoms with Crippen LogP contribution in [0, 0.1) is 13.8 Å². The van der Waals surface area contributed by atoms with Gasteiger partial charge in [-0.1, -0.05) is 6.07 Å². The first-order valence-electron chi connectivity index (χ1n) is 7.86. The molecule has 1 amide bonds. The summed E-state index contributed by atoms with van der Waals surface area (Å²) in [6.07, 6.45) is 0. The monoisotopic (exact) mass is 355 g/mol. The maximum Gasteiger partial charge on any atom is 0.281 e. The van der Waals surface area contributed by atoms with E-state index < -0.39 is 10.2 Å². The summed E-state index contributed by atoms with van der Waals surface area (Å²) in [6, 6.07) is 5.82. The number of nitrogens with zero attached hydrogens (tertiary/aromatic N) is 3. The molecule has 1 aromatic rings. The number of benzene rings is 1. The SMILES string of the molecule is Cc1cc(C)cc(OCC(=O)N2CCN(S(=O)(=O)N(C)C)CC2)c1. The largest absolute Gasteiger partial charge is 0.484 e. The molecule has 1 saturated heterocycles. The van der Waals surface area contributed by atoms with Crippen molar-refractivity contribution in [3.05, 3.63) is 29.3 Å². The molecular weight excluding hydrogens is 330 g/mol. The van der Waals surface area contributed by atoms with E-state index in [0.29, 0.717) is 31.9 Å². The van der Waals surface area contributed by atoms with E-state index in [9.17, 15) is 13.2 Å². The molecule has 8 heteroatoms. The van der Waals surface area contributed by atoms with Crippen LogP contribution in [0.25, 0.3) is 0 Å². The minimum Gasteiger partial charge on any atom is -0.484 e. The van der Waals surface area contributed by atoms with Gasteiger partial charge < -0.3 is 9.64 Å². The van der Waals surface area contributed by atoms with Crippen molar-refractivity contribution in [1.82, 2.24) is 13.5 Å². The van der Waals surface area contributed by atoms with Crippen LogP contribution in [0.15, 0.2) is 18.2 Å². The van der Waals surface area contributed by atoms with E-state index in [1.54, 1.807) is 4.90 Å². The second kappa shape index (κ2) is 7.50. The lowest BCUT2D eigenvalue weighted by molar-refractivity contribution is -0.134. The molecule has 2 rings (SSSR count). The van der Waals surface area contributed by atoms with Crippen LogP contribution in [-0.2, 0) is 15.0 Å². The number of rotatable bonds is 5. The summed E-state index contributed by atoms with van der Waals surface area (Å²) in [7, 11) is -0.407. The van der Waals surface area contributed by atoms with E-state index in [1.807, 2.05) is 32.0 Å². The third-order valence-corrected chi connectivity index (χ3v) is 5.88. The Hall–Kier alpha value is -1.64. The quantitative estimate of drug-likeness (QED) is 0.777. The molecule has 0 N–H and O–H groups in total. The Kier molecular flexibility index (Phi) is 5.84. The standard InChI is InChI=1S/C16H25N3O4S/c1-13-9-14(2)11-15(10-13)23-12-16(20)18-5-7-19(8-6-18)24(21,22)17(3)4/h9-11H,5-8,12H2,1-4H3. The summed E-state index contributed by atoms with van der Waals surface area (Å²) in [5.74, 6) is 0.547. The molecular formula is C16H25N3O4S. The molecule has 1 aliphatic heterocycles. The van der Waals surface area contributed by atoms with Crippen LogP contribution in [0.2, 0.25) is 0 Å². The third kappa shape index (κ3) is 4.46. The van der Waals surface area contributed by atoms with E-state index in [2.05, 4.69) is 0 Å². The molecule has 0 aliphatic carbocycles. The van der Waals surface area contributed by atoms with Gasteiger partial charge in [-0.2, -0.15) is 17.0 Å². The highest BCUT2D eigenvalue weighted by Crippen LogP contribution is 2.16. The highest BCUT2D eigenvalue weighted by Gasteiger charge is 2.30. The van der Waals surface area contributed by atoms with Gasteiger partial charge in [-0.25, -0.2) is 0 Å². The molecule has 0 aromatic heterocycles. The zero-order valence-corrected chi connectivity index (χ0v) is 15.5. The molecule has 0 saturated carbocycles. The van der Waals surface area contributed by atoms with Gasteiger partial charge in [0.2, 0.25) is 0 Å². The fourth-order valence-corrected chi connectivity index (χ4v) is 3.74. The van der Waals surface area contributed by atoms with Crippen molar-refractivity contribution in [2.45, 2.75) is 13.8 Å². The number of carbonyl (C=O) groups is 1. The van der Waals surface area contributed by atoms with Crippen molar-refractivity contribution in [3.63, 3.8) is 0 Å². The van der Waals surface area contributed by atoms with Crippen molar-refractivity contribution in [1.29, 1.82) is 0 Å². The smallest absolute Gasteiger partial charge is 0.281 e. The van der Waals surface area contributed by atoms with Gasteiger partial charge in [0.1, 0.15) is 5.75 Å². The highest BCUT2D eigenvalue weighted by molar-refractivity contribution is 7.86. The Balaban J connectivity index is 1.87.